The molecule has 1 unspecified atom stereocenters. The number of hydrogen-bond donors (Lipinski definition) is 1. The van der Waals surface area contributed by atoms with Gasteiger partial charge in [0.1, 0.15) is 0 Å². The molecule has 0 spiro atoms. The molecule has 8 nitrogen and oxygen atoms in total. The van der Waals surface area contributed by atoms with Gasteiger partial charge in [-0.1, -0.05) is 0 Å². The first-order valence-electron chi connectivity index (χ1n) is 6.85. The number of nitro benzene ring substituents is 2. The first-order valence-corrected chi connectivity index (χ1v) is 6.85. The monoisotopic (exact) mass is 294 g/mol. The maximum atomic E-state index is 11.1. The maximum absolute atomic E-state index is 11.1. The lowest BCUT2D eigenvalue weighted by Gasteiger charge is -2.31. The Morgan fingerprint density at radius 3 is 2.67 bits per heavy atom. The molecule has 1 aliphatic heterocycles. The largest absolute Gasteiger partial charge is 0.330 e. The van der Waals surface area contributed by atoms with Crippen molar-refractivity contribution >= 4 is 11.4 Å². The van der Waals surface area contributed by atoms with Crippen LogP contribution in [0.15, 0.2) is 18.2 Å². The minimum absolute atomic E-state index is 0.195. The van der Waals surface area contributed by atoms with Crippen LogP contribution in [0.1, 0.15) is 18.4 Å². The molecule has 0 saturated carbocycles. The number of benzene rings is 1. The van der Waals surface area contributed by atoms with Gasteiger partial charge in [-0.25, -0.2) is 0 Å². The van der Waals surface area contributed by atoms with Crippen molar-refractivity contribution in [2.75, 3.05) is 19.6 Å². The third-order valence-electron chi connectivity index (χ3n) is 3.81. The van der Waals surface area contributed by atoms with Gasteiger partial charge in [0, 0.05) is 24.7 Å². The number of rotatable bonds is 5. The van der Waals surface area contributed by atoms with E-state index in [2.05, 4.69) is 4.90 Å². The van der Waals surface area contributed by atoms with Crippen molar-refractivity contribution in [1.29, 1.82) is 0 Å². The third-order valence-corrected chi connectivity index (χ3v) is 3.81. The number of nitro groups is 2. The predicted octanol–water partition coefficient (Wildman–Crippen LogP) is 1.67. The molecule has 1 aliphatic rings. The van der Waals surface area contributed by atoms with E-state index in [9.17, 15) is 20.2 Å². The lowest BCUT2D eigenvalue weighted by molar-refractivity contribution is -0.394. The van der Waals surface area contributed by atoms with E-state index in [-0.39, 0.29) is 11.4 Å². The highest BCUT2D eigenvalue weighted by molar-refractivity contribution is 5.49. The summed E-state index contributed by atoms with van der Waals surface area (Å²) in [5.74, 6) is 0.413. The van der Waals surface area contributed by atoms with E-state index in [1.54, 1.807) is 0 Å². The van der Waals surface area contributed by atoms with E-state index in [4.69, 9.17) is 5.73 Å². The van der Waals surface area contributed by atoms with Gasteiger partial charge in [-0.3, -0.25) is 25.1 Å². The molecule has 1 saturated heterocycles. The van der Waals surface area contributed by atoms with Gasteiger partial charge < -0.3 is 5.73 Å². The van der Waals surface area contributed by atoms with Crippen LogP contribution < -0.4 is 5.73 Å². The first-order chi connectivity index (χ1) is 10.0. The third kappa shape index (κ3) is 3.73. The van der Waals surface area contributed by atoms with Crippen LogP contribution in [0.2, 0.25) is 0 Å². The molecule has 2 N–H and O–H groups in total. The standard InChI is InChI=1S/C13H18N4O4/c14-7-10-2-1-5-15(8-10)9-11-3-4-12(16(18)19)6-13(11)17(20)21/h3-4,6,10H,1-2,5,7-9,14H2. The summed E-state index contributed by atoms with van der Waals surface area (Å²) in [6, 6.07) is 3.81. The van der Waals surface area contributed by atoms with E-state index in [1.165, 1.54) is 12.1 Å². The molecule has 0 amide bonds. The molecular formula is C13H18N4O4. The smallest absolute Gasteiger partial charge is 0.280 e. The summed E-state index contributed by atoms with van der Waals surface area (Å²) in [4.78, 5) is 22.8. The number of non-ortho nitro benzene ring substituents is 1. The van der Waals surface area contributed by atoms with E-state index in [0.717, 1.165) is 32.0 Å². The van der Waals surface area contributed by atoms with Gasteiger partial charge in [0.05, 0.1) is 15.9 Å². The van der Waals surface area contributed by atoms with Crippen molar-refractivity contribution in [3.05, 3.63) is 44.0 Å². The Hall–Kier alpha value is -2.06. The molecule has 2 rings (SSSR count). The zero-order valence-electron chi connectivity index (χ0n) is 11.6. The zero-order valence-corrected chi connectivity index (χ0v) is 11.6. The number of hydrogen-bond acceptors (Lipinski definition) is 6. The molecule has 1 aromatic rings. The molecule has 1 heterocycles. The second kappa shape index (κ2) is 6.59. The Kier molecular flexibility index (Phi) is 4.81. The van der Waals surface area contributed by atoms with Crippen molar-refractivity contribution in [3.8, 4) is 0 Å². The summed E-state index contributed by atoms with van der Waals surface area (Å²) in [6.45, 7) is 2.71. The van der Waals surface area contributed by atoms with Gasteiger partial charge in [-0.15, -0.1) is 0 Å². The van der Waals surface area contributed by atoms with E-state index in [0.29, 0.717) is 24.6 Å². The summed E-state index contributed by atoms with van der Waals surface area (Å²) >= 11 is 0. The van der Waals surface area contributed by atoms with Crippen LogP contribution in [-0.2, 0) is 6.54 Å². The first kappa shape index (κ1) is 15.3. The lowest BCUT2D eigenvalue weighted by Crippen LogP contribution is -2.37. The normalized spacial score (nSPS) is 19.4. The molecule has 0 radical (unpaired) electrons. The molecule has 21 heavy (non-hydrogen) atoms. The van der Waals surface area contributed by atoms with Crippen molar-refractivity contribution < 1.29 is 9.85 Å². The Morgan fingerprint density at radius 2 is 2.05 bits per heavy atom. The fourth-order valence-corrected chi connectivity index (χ4v) is 2.70. The summed E-state index contributed by atoms with van der Waals surface area (Å²) in [5, 5.41) is 21.8. The van der Waals surface area contributed by atoms with Gasteiger partial charge in [0.15, 0.2) is 0 Å². The van der Waals surface area contributed by atoms with Crippen LogP contribution in [0.3, 0.4) is 0 Å². The van der Waals surface area contributed by atoms with Crippen LogP contribution in [0.5, 0.6) is 0 Å². The summed E-state index contributed by atoms with van der Waals surface area (Å²) in [6.07, 6.45) is 2.10. The fourth-order valence-electron chi connectivity index (χ4n) is 2.70. The van der Waals surface area contributed by atoms with Gasteiger partial charge in [-0.2, -0.15) is 0 Å². The summed E-state index contributed by atoms with van der Waals surface area (Å²) < 4.78 is 0. The fraction of sp³-hybridized carbons (Fsp3) is 0.538. The minimum Gasteiger partial charge on any atom is -0.330 e. The van der Waals surface area contributed by atoms with E-state index >= 15 is 0 Å². The Balaban J connectivity index is 2.19. The van der Waals surface area contributed by atoms with Crippen molar-refractivity contribution in [2.24, 2.45) is 11.7 Å². The summed E-state index contributed by atoms with van der Waals surface area (Å²) in [7, 11) is 0. The van der Waals surface area contributed by atoms with Crippen LogP contribution in [0.25, 0.3) is 0 Å². The predicted molar refractivity (Wildman–Crippen MR) is 76.8 cm³/mol. The quantitative estimate of drug-likeness (QED) is 0.652. The second-order valence-corrected chi connectivity index (χ2v) is 5.31. The molecule has 1 atom stereocenters. The van der Waals surface area contributed by atoms with Gasteiger partial charge in [0.2, 0.25) is 0 Å². The molecule has 8 heteroatoms. The highest BCUT2D eigenvalue weighted by atomic mass is 16.6. The molecular weight excluding hydrogens is 276 g/mol. The van der Waals surface area contributed by atoms with Crippen LogP contribution in [-0.4, -0.2) is 34.4 Å². The van der Waals surface area contributed by atoms with E-state index in [1.807, 2.05) is 0 Å². The molecule has 1 fully saturated rings. The van der Waals surface area contributed by atoms with E-state index < -0.39 is 9.85 Å². The number of nitrogens with two attached hydrogens (primary N) is 1. The Morgan fingerprint density at radius 1 is 1.29 bits per heavy atom. The maximum Gasteiger partial charge on any atom is 0.280 e. The molecule has 0 bridgehead atoms. The van der Waals surface area contributed by atoms with Gasteiger partial charge in [-0.05, 0) is 37.9 Å². The average molecular weight is 294 g/mol. The number of likely N-dealkylation sites (tertiary alicyclic amines) is 1. The minimum atomic E-state index is -0.623. The number of piperidine rings is 1. The highest BCUT2D eigenvalue weighted by Crippen LogP contribution is 2.27. The molecule has 0 aliphatic carbocycles. The van der Waals surface area contributed by atoms with Crippen molar-refractivity contribution in [1.82, 2.24) is 4.90 Å². The molecule has 0 aromatic heterocycles. The Bertz CT molecular complexity index is 549. The van der Waals surface area contributed by atoms with Gasteiger partial charge in [0.25, 0.3) is 11.4 Å². The molecule has 114 valence electrons. The zero-order chi connectivity index (χ0) is 15.4. The van der Waals surface area contributed by atoms with Crippen LogP contribution in [0.4, 0.5) is 11.4 Å². The van der Waals surface area contributed by atoms with Crippen LogP contribution >= 0.6 is 0 Å². The summed E-state index contributed by atoms with van der Waals surface area (Å²) in [5.41, 5.74) is 5.73. The average Bonchev–Trinajstić information content (AvgIpc) is 2.47. The van der Waals surface area contributed by atoms with Crippen molar-refractivity contribution in [2.45, 2.75) is 19.4 Å². The van der Waals surface area contributed by atoms with Crippen LogP contribution in [0, 0.1) is 26.1 Å². The molecule has 1 aromatic carbocycles. The topological polar surface area (TPSA) is 116 Å². The highest BCUT2D eigenvalue weighted by Gasteiger charge is 2.24. The van der Waals surface area contributed by atoms with Crippen molar-refractivity contribution in [3.63, 3.8) is 0 Å². The Labute approximate surface area is 121 Å². The lowest BCUT2D eigenvalue weighted by atomic mass is 9.97. The SMILES string of the molecule is NCC1CCCN(Cc2ccc([N+](=O)[O-])cc2[N+](=O)[O-])C1. The van der Waals surface area contributed by atoms with Gasteiger partial charge >= 0.3 is 0 Å². The second-order valence-electron chi connectivity index (χ2n) is 5.31. The number of nitrogens with zero attached hydrogens (tertiary/aromatic N) is 3.